The lowest BCUT2D eigenvalue weighted by Gasteiger charge is -2.06. The fourth-order valence-corrected chi connectivity index (χ4v) is 2.88. The second-order valence-electron chi connectivity index (χ2n) is 5.17. The first-order chi connectivity index (χ1) is 12.5. The van der Waals surface area contributed by atoms with E-state index in [0.29, 0.717) is 11.5 Å². The molecule has 6 nitrogen and oxygen atoms in total. The van der Waals surface area contributed by atoms with E-state index >= 15 is 0 Å². The molecule has 0 aliphatic carbocycles. The molecule has 1 aromatic carbocycles. The maximum absolute atomic E-state index is 13.6. The van der Waals surface area contributed by atoms with Crippen LogP contribution in [0.5, 0.6) is 5.75 Å². The summed E-state index contributed by atoms with van der Waals surface area (Å²) in [5.41, 5.74) is -1.52. The number of thioether (sulfide) groups is 1. The van der Waals surface area contributed by atoms with Crippen molar-refractivity contribution in [3.8, 4) is 5.75 Å². The molecule has 0 fully saturated rings. The van der Waals surface area contributed by atoms with Crippen LogP contribution in [0.25, 0.3) is 0 Å². The van der Waals surface area contributed by atoms with Gasteiger partial charge in [-0.05, 0) is 12.1 Å². The van der Waals surface area contributed by atoms with E-state index in [1.165, 1.54) is 11.8 Å². The number of nitrogens with zero attached hydrogens (tertiary/aromatic N) is 2. The zero-order chi connectivity index (χ0) is 18.7. The molecule has 2 aromatic heterocycles. The van der Waals surface area contributed by atoms with Crippen LogP contribution in [0.15, 0.2) is 57.3 Å². The molecule has 0 saturated heterocycles. The smallest absolute Gasteiger partial charge is 0.349 e. The summed E-state index contributed by atoms with van der Waals surface area (Å²) in [7, 11) is 1.83. The molecule has 0 bridgehead atoms. The van der Waals surface area contributed by atoms with Gasteiger partial charge < -0.3 is 13.7 Å². The highest BCUT2D eigenvalue weighted by Crippen LogP contribution is 2.21. The summed E-state index contributed by atoms with van der Waals surface area (Å²) in [6.45, 7) is 0. The second-order valence-corrected chi connectivity index (χ2v) is 6.11. The zero-order valence-corrected chi connectivity index (χ0v) is 14.3. The maximum Gasteiger partial charge on any atom is 0.349 e. The van der Waals surface area contributed by atoms with Gasteiger partial charge in [-0.15, -0.1) is 0 Å². The molecule has 2 heterocycles. The highest BCUT2D eigenvalue weighted by atomic mass is 32.2. The number of hydrogen-bond acceptors (Lipinski definition) is 6. The number of ether oxygens (including phenoxy) is 1. The van der Waals surface area contributed by atoms with E-state index in [1.54, 1.807) is 12.4 Å². The fraction of sp³-hybridized carbons (Fsp3) is 0.118. The molecular weight excluding hydrogens is 366 g/mol. The quantitative estimate of drug-likeness (QED) is 0.502. The highest BCUT2D eigenvalue weighted by Gasteiger charge is 2.20. The fourth-order valence-electron chi connectivity index (χ4n) is 2.06. The number of imidazole rings is 1. The highest BCUT2D eigenvalue weighted by molar-refractivity contribution is 7.98. The van der Waals surface area contributed by atoms with Crippen molar-refractivity contribution in [3.63, 3.8) is 0 Å². The molecule has 0 N–H and O–H groups in total. The summed E-state index contributed by atoms with van der Waals surface area (Å²) in [4.78, 5) is 28.1. The predicted molar refractivity (Wildman–Crippen MR) is 89.1 cm³/mol. The van der Waals surface area contributed by atoms with Crippen LogP contribution in [-0.4, -0.2) is 15.5 Å². The molecule has 9 heteroatoms. The van der Waals surface area contributed by atoms with Gasteiger partial charge in [0.1, 0.15) is 29.2 Å². The van der Waals surface area contributed by atoms with Crippen LogP contribution in [-0.2, 0) is 12.8 Å². The first-order valence-electron chi connectivity index (χ1n) is 7.33. The average Bonchev–Trinajstić information content (AvgIpc) is 3.00. The van der Waals surface area contributed by atoms with Crippen molar-refractivity contribution in [1.82, 2.24) is 9.55 Å². The Hall–Kier alpha value is -2.94. The van der Waals surface area contributed by atoms with Gasteiger partial charge in [-0.25, -0.2) is 18.6 Å². The number of aryl methyl sites for hydroxylation is 1. The zero-order valence-electron chi connectivity index (χ0n) is 13.4. The Balaban J connectivity index is 1.73. The van der Waals surface area contributed by atoms with Crippen LogP contribution >= 0.6 is 11.8 Å². The Bertz CT molecular complexity index is 996. The lowest BCUT2D eigenvalue weighted by molar-refractivity contribution is 0.0718. The van der Waals surface area contributed by atoms with Crippen LogP contribution in [0, 0.1) is 11.6 Å². The normalized spacial score (nSPS) is 10.7. The molecule has 0 spiro atoms. The predicted octanol–water partition coefficient (Wildman–Crippen LogP) is 3.16. The molecule has 0 saturated carbocycles. The van der Waals surface area contributed by atoms with Crippen LogP contribution in [0.3, 0.4) is 0 Å². The van der Waals surface area contributed by atoms with Gasteiger partial charge in [-0.1, -0.05) is 17.8 Å². The van der Waals surface area contributed by atoms with Gasteiger partial charge >= 0.3 is 5.97 Å². The number of carbonyl (C=O) groups is 1. The number of esters is 1. The molecule has 0 radical (unpaired) electrons. The van der Waals surface area contributed by atoms with E-state index in [2.05, 4.69) is 4.98 Å². The van der Waals surface area contributed by atoms with Crippen molar-refractivity contribution < 1.29 is 22.7 Å². The van der Waals surface area contributed by atoms with Gasteiger partial charge in [-0.2, -0.15) is 0 Å². The minimum absolute atomic E-state index is 0.330. The Kier molecular flexibility index (Phi) is 5.17. The summed E-state index contributed by atoms with van der Waals surface area (Å²) in [5.74, 6) is -3.27. The number of rotatable bonds is 5. The van der Waals surface area contributed by atoms with E-state index < -0.39 is 34.3 Å². The van der Waals surface area contributed by atoms with E-state index in [4.69, 9.17) is 9.15 Å². The van der Waals surface area contributed by atoms with Gasteiger partial charge in [-0.3, -0.25) is 4.79 Å². The van der Waals surface area contributed by atoms with Crippen molar-refractivity contribution in [1.29, 1.82) is 0 Å². The standard InChI is InChI=1S/C17H12F2N2O4S/c1-21-6-5-20-17(21)26-9-10-7-13(22)14(8-24-10)25-16(23)15-11(18)3-2-4-12(15)19/h2-8H,9H2,1H3. The molecule has 0 amide bonds. The van der Waals surface area contributed by atoms with Crippen LogP contribution in [0.1, 0.15) is 16.1 Å². The Morgan fingerprint density at radius 1 is 1.35 bits per heavy atom. The molecule has 0 aliphatic rings. The van der Waals surface area contributed by atoms with Gasteiger partial charge in [0.2, 0.25) is 11.2 Å². The lowest BCUT2D eigenvalue weighted by Crippen LogP contribution is -2.17. The van der Waals surface area contributed by atoms with Gasteiger partial charge in [0, 0.05) is 25.5 Å². The molecule has 134 valence electrons. The maximum atomic E-state index is 13.6. The summed E-state index contributed by atoms with van der Waals surface area (Å²) >= 11 is 1.35. The minimum Gasteiger partial charge on any atom is -0.464 e. The van der Waals surface area contributed by atoms with Gasteiger partial charge in [0.15, 0.2) is 5.16 Å². The Labute approximate surface area is 150 Å². The van der Waals surface area contributed by atoms with Crippen molar-refractivity contribution in [2.75, 3.05) is 0 Å². The second kappa shape index (κ2) is 7.52. The minimum atomic E-state index is -1.32. The van der Waals surface area contributed by atoms with E-state index in [9.17, 15) is 18.4 Å². The largest absolute Gasteiger partial charge is 0.464 e. The van der Waals surface area contributed by atoms with Gasteiger partial charge in [0.25, 0.3) is 0 Å². The summed E-state index contributed by atoms with van der Waals surface area (Å²) in [5, 5.41) is 0.734. The van der Waals surface area contributed by atoms with Crippen molar-refractivity contribution in [2.45, 2.75) is 10.9 Å². The van der Waals surface area contributed by atoms with Crippen molar-refractivity contribution in [3.05, 3.63) is 76.1 Å². The van der Waals surface area contributed by atoms with Crippen LogP contribution in [0.2, 0.25) is 0 Å². The summed E-state index contributed by atoms with van der Waals surface area (Å²) in [6.07, 6.45) is 4.36. The summed E-state index contributed by atoms with van der Waals surface area (Å²) in [6, 6.07) is 4.10. The third kappa shape index (κ3) is 3.83. The molecule has 0 aliphatic heterocycles. The van der Waals surface area contributed by atoms with E-state index in [0.717, 1.165) is 35.7 Å². The lowest BCUT2D eigenvalue weighted by atomic mass is 10.2. The number of benzene rings is 1. The summed E-state index contributed by atoms with van der Waals surface area (Å²) < 4.78 is 39.0. The molecule has 26 heavy (non-hydrogen) atoms. The van der Waals surface area contributed by atoms with E-state index in [1.807, 2.05) is 11.6 Å². The third-order valence-electron chi connectivity index (χ3n) is 3.34. The molecule has 3 aromatic rings. The molecular formula is C17H12F2N2O4S. The van der Waals surface area contributed by atoms with Crippen LogP contribution in [0.4, 0.5) is 8.78 Å². The monoisotopic (exact) mass is 378 g/mol. The topological polar surface area (TPSA) is 74.3 Å². The van der Waals surface area contributed by atoms with Crippen molar-refractivity contribution >= 4 is 17.7 Å². The first-order valence-corrected chi connectivity index (χ1v) is 8.32. The van der Waals surface area contributed by atoms with Gasteiger partial charge in [0.05, 0.1) is 5.75 Å². The molecule has 0 unspecified atom stereocenters. The molecule has 0 atom stereocenters. The molecule has 3 rings (SSSR count). The number of halogens is 2. The number of carbonyl (C=O) groups excluding carboxylic acids is 1. The van der Waals surface area contributed by atoms with E-state index in [-0.39, 0.29) is 0 Å². The first kappa shape index (κ1) is 17.9. The number of aromatic nitrogens is 2. The van der Waals surface area contributed by atoms with Crippen molar-refractivity contribution in [2.24, 2.45) is 7.05 Å². The SMILES string of the molecule is Cn1ccnc1SCc1cc(=O)c(OC(=O)c2c(F)cccc2F)co1. The van der Waals surface area contributed by atoms with Crippen LogP contribution < -0.4 is 10.2 Å². The Morgan fingerprint density at radius 3 is 2.69 bits per heavy atom. The Morgan fingerprint density at radius 2 is 2.08 bits per heavy atom. The average molecular weight is 378 g/mol. The third-order valence-corrected chi connectivity index (χ3v) is 4.42. The number of hydrogen-bond donors (Lipinski definition) is 0.